The molecular formula is C16H20N2O4S. The second-order valence-electron chi connectivity index (χ2n) is 5.07. The summed E-state index contributed by atoms with van der Waals surface area (Å²) < 4.78 is 4.55. The number of carbonyl (C=O) groups excluding carboxylic acids is 3. The molecule has 1 aliphatic heterocycles. The molecule has 1 fully saturated rings. The van der Waals surface area contributed by atoms with Crippen LogP contribution in [0.5, 0.6) is 0 Å². The van der Waals surface area contributed by atoms with Gasteiger partial charge in [0, 0.05) is 25.3 Å². The SMILES string of the molecule is COC(=O)CSCCC(=O)N1CCNC(=O)[C@H]1c1ccccc1. The van der Waals surface area contributed by atoms with Gasteiger partial charge in [-0.1, -0.05) is 30.3 Å². The Kier molecular flexibility index (Phi) is 6.46. The smallest absolute Gasteiger partial charge is 0.315 e. The third-order valence-corrected chi connectivity index (χ3v) is 4.49. The predicted octanol–water partition coefficient (Wildman–Crippen LogP) is 0.982. The number of nitrogens with one attached hydrogen (secondary N) is 1. The van der Waals surface area contributed by atoms with Gasteiger partial charge in [-0.25, -0.2) is 0 Å². The molecule has 124 valence electrons. The summed E-state index contributed by atoms with van der Waals surface area (Å²) in [5.41, 5.74) is 0.806. The summed E-state index contributed by atoms with van der Waals surface area (Å²) in [7, 11) is 1.34. The van der Waals surface area contributed by atoms with Crippen LogP contribution >= 0.6 is 11.8 Å². The Hall–Kier alpha value is -2.02. The standard InChI is InChI=1S/C16H20N2O4S/c1-22-14(20)11-23-10-7-13(19)18-9-8-17-16(21)15(18)12-5-3-2-4-6-12/h2-6,15H,7-11H2,1H3,(H,17,21)/t15-/m1/s1. The maximum absolute atomic E-state index is 12.5. The van der Waals surface area contributed by atoms with Crippen molar-refractivity contribution in [1.29, 1.82) is 0 Å². The molecule has 0 aromatic heterocycles. The Morgan fingerprint density at radius 2 is 2.09 bits per heavy atom. The number of esters is 1. The molecule has 7 heteroatoms. The zero-order valence-corrected chi connectivity index (χ0v) is 13.8. The molecule has 1 aliphatic rings. The number of amides is 2. The molecule has 6 nitrogen and oxygen atoms in total. The zero-order chi connectivity index (χ0) is 16.7. The van der Waals surface area contributed by atoms with E-state index in [9.17, 15) is 14.4 Å². The van der Waals surface area contributed by atoms with Gasteiger partial charge in [0.2, 0.25) is 11.8 Å². The minimum absolute atomic E-state index is 0.0777. The van der Waals surface area contributed by atoms with Gasteiger partial charge < -0.3 is 15.0 Å². The van der Waals surface area contributed by atoms with Gasteiger partial charge in [-0.15, -0.1) is 11.8 Å². The summed E-state index contributed by atoms with van der Waals surface area (Å²) >= 11 is 1.35. The highest BCUT2D eigenvalue weighted by Crippen LogP contribution is 2.24. The molecule has 2 rings (SSSR count). The van der Waals surface area contributed by atoms with Crippen molar-refractivity contribution in [2.75, 3.05) is 31.7 Å². The summed E-state index contributed by atoms with van der Waals surface area (Å²) in [5.74, 6) is 0.214. The van der Waals surface area contributed by atoms with Crippen molar-refractivity contribution >= 4 is 29.5 Å². The summed E-state index contributed by atoms with van der Waals surface area (Å²) in [6.45, 7) is 0.953. The van der Waals surface area contributed by atoms with Crippen LogP contribution < -0.4 is 5.32 Å². The average Bonchev–Trinajstić information content (AvgIpc) is 2.58. The van der Waals surface area contributed by atoms with E-state index < -0.39 is 6.04 Å². The van der Waals surface area contributed by atoms with E-state index in [-0.39, 0.29) is 30.0 Å². The van der Waals surface area contributed by atoms with E-state index in [4.69, 9.17) is 0 Å². The summed E-state index contributed by atoms with van der Waals surface area (Å²) in [5, 5.41) is 2.81. The zero-order valence-electron chi connectivity index (χ0n) is 13.0. The summed E-state index contributed by atoms with van der Waals surface area (Å²) in [4.78, 5) is 37.3. The molecule has 23 heavy (non-hydrogen) atoms. The maximum atomic E-state index is 12.5. The maximum Gasteiger partial charge on any atom is 0.315 e. The average molecular weight is 336 g/mol. The first kappa shape index (κ1) is 17.3. The molecule has 0 aliphatic carbocycles. The predicted molar refractivity (Wildman–Crippen MR) is 87.9 cm³/mol. The normalized spacial score (nSPS) is 17.5. The van der Waals surface area contributed by atoms with Gasteiger partial charge in [0.15, 0.2) is 0 Å². The highest BCUT2D eigenvalue weighted by Gasteiger charge is 2.33. The van der Waals surface area contributed by atoms with E-state index in [1.807, 2.05) is 30.3 Å². The van der Waals surface area contributed by atoms with Crippen LogP contribution in [0.25, 0.3) is 0 Å². The van der Waals surface area contributed by atoms with Crippen molar-refractivity contribution in [2.24, 2.45) is 0 Å². The number of benzene rings is 1. The number of nitrogens with zero attached hydrogens (tertiary/aromatic N) is 1. The Labute approximate surface area is 139 Å². The molecule has 0 bridgehead atoms. The number of ether oxygens (including phenoxy) is 1. The second kappa shape index (κ2) is 8.57. The third-order valence-electron chi connectivity index (χ3n) is 3.56. The summed E-state index contributed by atoms with van der Waals surface area (Å²) in [6, 6.07) is 8.70. The molecule has 0 radical (unpaired) electrons. The van der Waals surface area contributed by atoms with Gasteiger partial charge in [0.25, 0.3) is 0 Å². The monoisotopic (exact) mass is 336 g/mol. The van der Waals surface area contributed by atoms with E-state index in [1.165, 1.54) is 18.9 Å². The number of piperazine rings is 1. The van der Waals surface area contributed by atoms with Crippen molar-refractivity contribution in [3.05, 3.63) is 35.9 Å². The highest BCUT2D eigenvalue weighted by molar-refractivity contribution is 7.99. The molecule has 1 saturated heterocycles. The highest BCUT2D eigenvalue weighted by atomic mass is 32.2. The van der Waals surface area contributed by atoms with E-state index in [1.54, 1.807) is 4.90 Å². The molecule has 0 saturated carbocycles. The molecule has 0 spiro atoms. The van der Waals surface area contributed by atoms with Gasteiger partial charge in [0.1, 0.15) is 6.04 Å². The topological polar surface area (TPSA) is 75.7 Å². The van der Waals surface area contributed by atoms with E-state index in [0.717, 1.165) is 5.56 Å². The van der Waals surface area contributed by atoms with Crippen LogP contribution in [0.1, 0.15) is 18.0 Å². The number of hydrogen-bond donors (Lipinski definition) is 1. The van der Waals surface area contributed by atoms with Crippen molar-refractivity contribution in [3.63, 3.8) is 0 Å². The number of hydrogen-bond acceptors (Lipinski definition) is 5. The van der Waals surface area contributed by atoms with Gasteiger partial charge >= 0.3 is 5.97 Å². The minimum Gasteiger partial charge on any atom is -0.468 e. The second-order valence-corrected chi connectivity index (χ2v) is 6.18. The lowest BCUT2D eigenvalue weighted by Gasteiger charge is -2.35. The number of carbonyl (C=O) groups is 3. The van der Waals surface area contributed by atoms with Gasteiger partial charge in [0.05, 0.1) is 12.9 Å². The van der Waals surface area contributed by atoms with E-state index in [0.29, 0.717) is 18.8 Å². The quantitative estimate of drug-likeness (QED) is 0.619. The first-order valence-electron chi connectivity index (χ1n) is 7.40. The minimum atomic E-state index is -0.581. The molecule has 1 N–H and O–H groups in total. The van der Waals surface area contributed by atoms with Gasteiger partial charge in [-0.05, 0) is 5.56 Å². The van der Waals surface area contributed by atoms with Crippen molar-refractivity contribution < 1.29 is 19.1 Å². The van der Waals surface area contributed by atoms with Gasteiger partial charge in [-0.3, -0.25) is 14.4 Å². The molecule has 2 amide bonds. The van der Waals surface area contributed by atoms with Gasteiger partial charge in [-0.2, -0.15) is 0 Å². The molecule has 1 heterocycles. The van der Waals surface area contributed by atoms with Crippen LogP contribution in [0.3, 0.4) is 0 Å². The fraction of sp³-hybridized carbons (Fsp3) is 0.438. The number of methoxy groups -OCH3 is 1. The van der Waals surface area contributed by atoms with Crippen LogP contribution in [0, 0.1) is 0 Å². The Morgan fingerprint density at radius 3 is 2.78 bits per heavy atom. The lowest BCUT2D eigenvalue weighted by atomic mass is 10.0. The Balaban J connectivity index is 1.96. The Bertz CT molecular complexity index is 564. The summed E-state index contributed by atoms with van der Waals surface area (Å²) in [6.07, 6.45) is 0.290. The first-order valence-corrected chi connectivity index (χ1v) is 8.55. The van der Waals surface area contributed by atoms with Crippen LogP contribution in [-0.2, 0) is 19.1 Å². The van der Waals surface area contributed by atoms with E-state index >= 15 is 0 Å². The fourth-order valence-electron chi connectivity index (χ4n) is 2.42. The molecule has 1 aromatic carbocycles. The fourth-order valence-corrected chi connectivity index (χ4v) is 3.17. The lowest BCUT2D eigenvalue weighted by Crippen LogP contribution is -2.52. The lowest BCUT2D eigenvalue weighted by molar-refractivity contribution is -0.143. The molecule has 1 aromatic rings. The number of thioether (sulfide) groups is 1. The van der Waals surface area contributed by atoms with Crippen LogP contribution in [0.4, 0.5) is 0 Å². The van der Waals surface area contributed by atoms with Crippen LogP contribution in [0.15, 0.2) is 30.3 Å². The van der Waals surface area contributed by atoms with Crippen molar-refractivity contribution in [2.45, 2.75) is 12.5 Å². The molecule has 1 atom stereocenters. The molecular weight excluding hydrogens is 316 g/mol. The number of rotatable bonds is 6. The third kappa shape index (κ3) is 4.72. The Morgan fingerprint density at radius 1 is 1.35 bits per heavy atom. The molecule has 0 unspecified atom stereocenters. The first-order chi connectivity index (χ1) is 11.1. The van der Waals surface area contributed by atoms with Crippen molar-refractivity contribution in [3.8, 4) is 0 Å². The van der Waals surface area contributed by atoms with Crippen molar-refractivity contribution in [1.82, 2.24) is 10.2 Å². The van der Waals surface area contributed by atoms with Crippen LogP contribution in [0.2, 0.25) is 0 Å². The largest absolute Gasteiger partial charge is 0.468 e. The van der Waals surface area contributed by atoms with Crippen LogP contribution in [-0.4, -0.2) is 54.4 Å². The van der Waals surface area contributed by atoms with E-state index in [2.05, 4.69) is 10.1 Å².